The summed E-state index contributed by atoms with van der Waals surface area (Å²) >= 11 is 1.92. The minimum atomic E-state index is -0.797. The molecular formula is C19H15IN2O5. The number of hydrogen-bond donors (Lipinski definition) is 2. The smallest absolute Gasteiger partial charge is 0.335 e. The number of anilines is 1. The van der Waals surface area contributed by atoms with E-state index in [1.54, 1.807) is 37.3 Å². The van der Waals surface area contributed by atoms with Gasteiger partial charge < -0.3 is 9.84 Å². The number of urea groups is 1. The molecule has 0 saturated carbocycles. The number of nitrogens with zero attached hydrogens (tertiary/aromatic N) is 1. The molecule has 4 amide bonds. The van der Waals surface area contributed by atoms with Crippen molar-refractivity contribution in [3.8, 4) is 11.5 Å². The molecule has 3 rings (SSSR count). The van der Waals surface area contributed by atoms with Crippen LogP contribution in [0.5, 0.6) is 11.5 Å². The molecule has 0 bridgehead atoms. The first kappa shape index (κ1) is 18.9. The van der Waals surface area contributed by atoms with Crippen LogP contribution in [0.4, 0.5) is 10.5 Å². The Morgan fingerprint density at radius 1 is 1.19 bits per heavy atom. The molecule has 1 fully saturated rings. The summed E-state index contributed by atoms with van der Waals surface area (Å²) in [6.45, 7) is 1.77. The third-order valence-corrected chi connectivity index (χ3v) is 4.86. The van der Waals surface area contributed by atoms with Gasteiger partial charge in [0.25, 0.3) is 11.8 Å². The zero-order valence-corrected chi connectivity index (χ0v) is 16.6. The normalized spacial score (nSPS) is 15.9. The summed E-state index contributed by atoms with van der Waals surface area (Å²) in [4.78, 5) is 38.4. The number of hydrogen-bond acceptors (Lipinski definition) is 5. The van der Waals surface area contributed by atoms with E-state index in [0.717, 1.165) is 10.5 Å². The van der Waals surface area contributed by atoms with Crippen molar-refractivity contribution in [2.45, 2.75) is 6.92 Å². The number of para-hydroxylation sites is 1. The molecule has 0 unspecified atom stereocenters. The van der Waals surface area contributed by atoms with E-state index in [9.17, 15) is 19.5 Å². The monoisotopic (exact) mass is 478 g/mol. The molecule has 0 spiro atoms. The van der Waals surface area contributed by atoms with Gasteiger partial charge in [-0.05, 0) is 64.9 Å². The highest BCUT2D eigenvalue weighted by molar-refractivity contribution is 14.1. The van der Waals surface area contributed by atoms with Gasteiger partial charge in [0.15, 0.2) is 11.5 Å². The molecule has 1 aliphatic rings. The minimum Gasteiger partial charge on any atom is -0.504 e. The molecule has 138 valence electrons. The van der Waals surface area contributed by atoms with E-state index in [1.165, 1.54) is 19.3 Å². The zero-order valence-electron chi connectivity index (χ0n) is 14.4. The first-order valence-corrected chi connectivity index (χ1v) is 8.95. The van der Waals surface area contributed by atoms with Crippen molar-refractivity contribution in [3.05, 3.63) is 56.7 Å². The van der Waals surface area contributed by atoms with Crippen LogP contribution in [-0.2, 0) is 9.59 Å². The van der Waals surface area contributed by atoms with Crippen LogP contribution in [0, 0.1) is 10.5 Å². The van der Waals surface area contributed by atoms with Crippen molar-refractivity contribution in [1.82, 2.24) is 5.32 Å². The Morgan fingerprint density at radius 2 is 1.89 bits per heavy atom. The minimum absolute atomic E-state index is 0.0311. The van der Waals surface area contributed by atoms with Gasteiger partial charge in [0.2, 0.25) is 0 Å². The third kappa shape index (κ3) is 3.52. The number of nitrogens with one attached hydrogen (secondary N) is 1. The Bertz CT molecular complexity index is 1000. The second kappa shape index (κ2) is 7.39. The van der Waals surface area contributed by atoms with Gasteiger partial charge in [-0.1, -0.05) is 18.2 Å². The molecule has 1 saturated heterocycles. The van der Waals surface area contributed by atoms with Crippen LogP contribution < -0.4 is 15.0 Å². The highest BCUT2D eigenvalue weighted by Crippen LogP contribution is 2.33. The van der Waals surface area contributed by atoms with Crippen molar-refractivity contribution in [2.24, 2.45) is 0 Å². The van der Waals surface area contributed by atoms with Crippen LogP contribution in [0.15, 0.2) is 42.0 Å². The van der Waals surface area contributed by atoms with Gasteiger partial charge in [-0.2, -0.15) is 0 Å². The number of phenolic OH excluding ortho intramolecular Hbond substituents is 1. The maximum atomic E-state index is 12.9. The highest BCUT2D eigenvalue weighted by Gasteiger charge is 2.37. The van der Waals surface area contributed by atoms with E-state index in [0.29, 0.717) is 14.8 Å². The lowest BCUT2D eigenvalue weighted by atomic mass is 10.1. The maximum Gasteiger partial charge on any atom is 0.335 e. The molecule has 0 atom stereocenters. The van der Waals surface area contributed by atoms with Gasteiger partial charge in [0, 0.05) is 0 Å². The predicted molar refractivity (Wildman–Crippen MR) is 108 cm³/mol. The van der Waals surface area contributed by atoms with Crippen LogP contribution >= 0.6 is 22.6 Å². The lowest BCUT2D eigenvalue weighted by Gasteiger charge is -2.27. The van der Waals surface area contributed by atoms with Gasteiger partial charge in [-0.3, -0.25) is 14.9 Å². The molecule has 0 aliphatic carbocycles. The van der Waals surface area contributed by atoms with Crippen LogP contribution in [0.2, 0.25) is 0 Å². The average Bonchev–Trinajstić information content (AvgIpc) is 2.62. The quantitative estimate of drug-likeness (QED) is 0.402. The van der Waals surface area contributed by atoms with E-state index in [-0.39, 0.29) is 17.1 Å². The number of imide groups is 2. The van der Waals surface area contributed by atoms with Crippen molar-refractivity contribution in [2.75, 3.05) is 12.0 Å². The number of ether oxygens (including phenoxy) is 1. The molecule has 1 heterocycles. The molecule has 2 aromatic rings. The molecule has 2 aromatic carbocycles. The van der Waals surface area contributed by atoms with Crippen LogP contribution in [0.1, 0.15) is 11.1 Å². The summed E-state index contributed by atoms with van der Waals surface area (Å²) in [6, 6.07) is 9.19. The summed E-state index contributed by atoms with van der Waals surface area (Å²) in [7, 11) is 1.40. The number of carbonyl (C=O) groups excluding carboxylic acids is 3. The zero-order chi connectivity index (χ0) is 19.7. The number of barbiturate groups is 1. The molecule has 27 heavy (non-hydrogen) atoms. The molecule has 2 N–H and O–H groups in total. The Kier molecular flexibility index (Phi) is 5.17. The van der Waals surface area contributed by atoms with Crippen LogP contribution in [-0.4, -0.2) is 30.1 Å². The van der Waals surface area contributed by atoms with Gasteiger partial charge >= 0.3 is 6.03 Å². The summed E-state index contributed by atoms with van der Waals surface area (Å²) in [5.41, 5.74) is 1.40. The largest absolute Gasteiger partial charge is 0.504 e. The molecule has 0 aromatic heterocycles. The molecule has 1 aliphatic heterocycles. The number of amides is 4. The number of aromatic hydroxyl groups is 1. The van der Waals surface area contributed by atoms with E-state index >= 15 is 0 Å². The van der Waals surface area contributed by atoms with Crippen molar-refractivity contribution in [3.63, 3.8) is 0 Å². The van der Waals surface area contributed by atoms with Crippen molar-refractivity contribution >= 4 is 52.2 Å². The van der Waals surface area contributed by atoms with Gasteiger partial charge in [0.1, 0.15) is 5.57 Å². The topological polar surface area (TPSA) is 95.9 Å². The molecule has 8 heteroatoms. The number of carbonyl (C=O) groups is 3. The standard InChI is InChI=1S/C19H15IN2O5/c1-10-5-3-4-6-14(10)22-18(25)12(17(24)21-19(22)26)7-11-8-13(20)16(23)15(9-11)27-2/h3-9,23H,1-2H3,(H,21,24,26)/b12-7+. The summed E-state index contributed by atoms with van der Waals surface area (Å²) in [5, 5.41) is 12.1. The Labute approximate surface area is 168 Å². The fraction of sp³-hybridized carbons (Fsp3) is 0.105. The van der Waals surface area contributed by atoms with Crippen LogP contribution in [0.3, 0.4) is 0 Å². The first-order chi connectivity index (χ1) is 12.8. The number of halogens is 1. The predicted octanol–water partition coefficient (Wildman–Crippen LogP) is 2.98. The second-order valence-electron chi connectivity index (χ2n) is 5.80. The lowest BCUT2D eigenvalue weighted by molar-refractivity contribution is -0.122. The molecule has 7 nitrogen and oxygen atoms in total. The Morgan fingerprint density at radius 3 is 2.56 bits per heavy atom. The van der Waals surface area contributed by atoms with Crippen molar-refractivity contribution in [1.29, 1.82) is 0 Å². The fourth-order valence-corrected chi connectivity index (χ4v) is 3.32. The average molecular weight is 478 g/mol. The van der Waals surface area contributed by atoms with Gasteiger partial charge in [-0.15, -0.1) is 0 Å². The summed E-state index contributed by atoms with van der Waals surface area (Å²) < 4.78 is 5.59. The van der Waals surface area contributed by atoms with E-state index in [4.69, 9.17) is 4.74 Å². The van der Waals surface area contributed by atoms with E-state index in [2.05, 4.69) is 5.32 Å². The number of rotatable bonds is 3. The third-order valence-electron chi connectivity index (χ3n) is 4.04. The number of benzene rings is 2. The summed E-state index contributed by atoms with van der Waals surface area (Å²) in [6.07, 6.45) is 1.36. The Balaban J connectivity index is 2.08. The number of phenols is 1. The van der Waals surface area contributed by atoms with Gasteiger partial charge in [-0.25, -0.2) is 9.69 Å². The highest BCUT2D eigenvalue weighted by atomic mass is 127. The SMILES string of the molecule is COc1cc(/C=C2\C(=O)NC(=O)N(c3ccccc3C)C2=O)cc(I)c1O. The fourth-order valence-electron chi connectivity index (χ4n) is 2.69. The van der Waals surface area contributed by atoms with E-state index < -0.39 is 17.8 Å². The Hall–Kier alpha value is -2.88. The molecular weight excluding hydrogens is 463 g/mol. The molecule has 0 radical (unpaired) electrons. The maximum absolute atomic E-state index is 12.9. The first-order valence-electron chi connectivity index (χ1n) is 7.87. The van der Waals surface area contributed by atoms with Crippen molar-refractivity contribution < 1.29 is 24.2 Å². The number of aryl methyl sites for hydroxylation is 1. The van der Waals surface area contributed by atoms with E-state index in [1.807, 2.05) is 22.6 Å². The summed E-state index contributed by atoms with van der Waals surface area (Å²) in [5.74, 6) is -1.32. The van der Waals surface area contributed by atoms with Gasteiger partial charge in [0.05, 0.1) is 16.4 Å². The number of methoxy groups -OCH3 is 1. The van der Waals surface area contributed by atoms with Crippen LogP contribution in [0.25, 0.3) is 6.08 Å². The second-order valence-corrected chi connectivity index (χ2v) is 6.96. The lowest BCUT2D eigenvalue weighted by Crippen LogP contribution is -2.54.